The van der Waals surface area contributed by atoms with Gasteiger partial charge in [0.25, 0.3) is 5.91 Å². The molecule has 0 radical (unpaired) electrons. The van der Waals surface area contributed by atoms with Gasteiger partial charge in [-0.2, -0.15) is 0 Å². The van der Waals surface area contributed by atoms with E-state index in [1.54, 1.807) is 0 Å². The van der Waals surface area contributed by atoms with Crippen LogP contribution in [-0.4, -0.2) is 68.4 Å². The first kappa shape index (κ1) is 19.9. The van der Waals surface area contributed by atoms with E-state index in [-0.39, 0.29) is 11.8 Å². The van der Waals surface area contributed by atoms with Gasteiger partial charge in [-0.3, -0.25) is 14.5 Å². The number of rotatable bonds is 6. The first-order valence-electron chi connectivity index (χ1n) is 9.62. The second-order valence-electron chi connectivity index (χ2n) is 7.27. The number of nitrogens with one attached hydrogen (secondary N) is 1. The number of hydrogen-bond donors (Lipinski definition) is 1. The van der Waals surface area contributed by atoms with Crippen LogP contribution in [0.1, 0.15) is 15.9 Å². The Balaban J connectivity index is 1.43. The second kappa shape index (κ2) is 9.37. The average molecular weight is 380 g/mol. The molecule has 1 fully saturated rings. The van der Waals surface area contributed by atoms with Crippen molar-refractivity contribution in [2.24, 2.45) is 0 Å². The summed E-state index contributed by atoms with van der Waals surface area (Å²) in [5.74, 6) is 0.0707. The third kappa shape index (κ3) is 5.33. The lowest BCUT2D eigenvalue weighted by molar-refractivity contribution is -0.122. The Morgan fingerprint density at radius 3 is 2.18 bits per heavy atom. The first-order valence-corrected chi connectivity index (χ1v) is 9.62. The fourth-order valence-electron chi connectivity index (χ4n) is 3.25. The van der Waals surface area contributed by atoms with Crippen molar-refractivity contribution < 1.29 is 9.59 Å². The molecule has 0 unspecified atom stereocenters. The molecule has 1 aliphatic heterocycles. The monoisotopic (exact) mass is 380 g/mol. The number of hydrogen-bond acceptors (Lipinski definition) is 4. The number of carbonyl (C=O) groups excluding carboxylic acids is 2. The minimum Gasteiger partial charge on any atom is -0.378 e. The highest BCUT2D eigenvalue weighted by Crippen LogP contribution is 2.15. The fourth-order valence-corrected chi connectivity index (χ4v) is 3.25. The highest BCUT2D eigenvalue weighted by molar-refractivity contribution is 5.94. The molecule has 0 saturated carbocycles. The molecule has 1 saturated heterocycles. The van der Waals surface area contributed by atoms with E-state index in [9.17, 15) is 9.59 Å². The summed E-state index contributed by atoms with van der Waals surface area (Å²) in [6.07, 6.45) is 0. The minimum atomic E-state index is 0.0166. The summed E-state index contributed by atoms with van der Waals surface area (Å²) in [6, 6.07) is 17.6. The van der Waals surface area contributed by atoms with Crippen LogP contribution in [0.15, 0.2) is 54.6 Å². The summed E-state index contributed by atoms with van der Waals surface area (Å²) in [6.45, 7) is 3.61. The lowest BCUT2D eigenvalue weighted by Gasteiger charge is -2.34. The Morgan fingerprint density at radius 1 is 0.929 bits per heavy atom. The third-order valence-electron chi connectivity index (χ3n) is 4.99. The van der Waals surface area contributed by atoms with E-state index in [0.29, 0.717) is 44.8 Å². The van der Waals surface area contributed by atoms with E-state index < -0.39 is 0 Å². The summed E-state index contributed by atoms with van der Waals surface area (Å²) in [4.78, 5) is 30.8. The molecule has 1 aliphatic rings. The van der Waals surface area contributed by atoms with Crippen molar-refractivity contribution in [3.63, 3.8) is 0 Å². The van der Waals surface area contributed by atoms with Gasteiger partial charge in [0, 0.05) is 58.1 Å². The number of carbonyl (C=O) groups is 2. The van der Waals surface area contributed by atoms with Gasteiger partial charge in [0.1, 0.15) is 0 Å². The zero-order chi connectivity index (χ0) is 19.9. The molecule has 6 nitrogen and oxygen atoms in total. The molecule has 6 heteroatoms. The second-order valence-corrected chi connectivity index (χ2v) is 7.27. The van der Waals surface area contributed by atoms with Gasteiger partial charge >= 0.3 is 0 Å². The lowest BCUT2D eigenvalue weighted by atomic mass is 10.1. The summed E-state index contributed by atoms with van der Waals surface area (Å²) in [7, 11) is 3.96. The Morgan fingerprint density at radius 2 is 1.57 bits per heavy atom. The lowest BCUT2D eigenvalue weighted by Crippen LogP contribution is -2.51. The van der Waals surface area contributed by atoms with Crippen LogP contribution in [0.5, 0.6) is 0 Å². The maximum absolute atomic E-state index is 12.7. The molecule has 148 valence electrons. The first-order chi connectivity index (χ1) is 13.5. The summed E-state index contributed by atoms with van der Waals surface area (Å²) in [5.41, 5.74) is 2.87. The van der Waals surface area contributed by atoms with E-state index in [1.807, 2.05) is 78.5 Å². The fraction of sp³-hybridized carbons (Fsp3) is 0.364. The number of benzene rings is 2. The van der Waals surface area contributed by atoms with Crippen molar-refractivity contribution in [3.8, 4) is 0 Å². The Labute approximate surface area is 166 Å². The van der Waals surface area contributed by atoms with E-state index >= 15 is 0 Å². The van der Waals surface area contributed by atoms with E-state index in [0.717, 1.165) is 11.3 Å². The number of anilines is 1. The van der Waals surface area contributed by atoms with Crippen molar-refractivity contribution in [2.75, 3.05) is 51.7 Å². The molecule has 1 heterocycles. The zero-order valence-corrected chi connectivity index (χ0v) is 16.6. The highest BCUT2D eigenvalue weighted by atomic mass is 16.2. The predicted molar refractivity (Wildman–Crippen MR) is 111 cm³/mol. The average Bonchev–Trinajstić information content (AvgIpc) is 2.73. The Hall–Kier alpha value is -2.86. The molecule has 2 amide bonds. The van der Waals surface area contributed by atoms with E-state index in [1.165, 1.54) is 0 Å². The summed E-state index contributed by atoms with van der Waals surface area (Å²) in [5, 5.41) is 2.96. The van der Waals surface area contributed by atoms with Crippen molar-refractivity contribution in [1.29, 1.82) is 0 Å². The van der Waals surface area contributed by atoms with Crippen LogP contribution in [0.4, 0.5) is 5.69 Å². The van der Waals surface area contributed by atoms with Gasteiger partial charge < -0.3 is 15.1 Å². The molecular weight excluding hydrogens is 352 g/mol. The van der Waals surface area contributed by atoms with Crippen LogP contribution in [-0.2, 0) is 11.3 Å². The van der Waals surface area contributed by atoms with Gasteiger partial charge in [0.2, 0.25) is 5.91 Å². The Kier molecular flexibility index (Phi) is 6.66. The molecule has 2 aromatic rings. The van der Waals surface area contributed by atoms with Crippen LogP contribution in [0.2, 0.25) is 0 Å². The van der Waals surface area contributed by atoms with Crippen molar-refractivity contribution in [3.05, 3.63) is 65.7 Å². The standard InChI is InChI=1S/C22H28N4O2/c1-24(2)20-10-8-19(9-11-20)22(28)26-14-12-25(13-15-26)17-21(27)23-16-18-6-4-3-5-7-18/h3-11H,12-17H2,1-2H3,(H,23,27). The summed E-state index contributed by atoms with van der Waals surface area (Å²) >= 11 is 0. The van der Waals surface area contributed by atoms with Crippen LogP contribution < -0.4 is 10.2 Å². The van der Waals surface area contributed by atoms with E-state index in [4.69, 9.17) is 0 Å². The van der Waals surface area contributed by atoms with Gasteiger partial charge in [-0.15, -0.1) is 0 Å². The Bertz CT molecular complexity index is 782. The van der Waals surface area contributed by atoms with Gasteiger partial charge in [-0.1, -0.05) is 30.3 Å². The highest BCUT2D eigenvalue weighted by Gasteiger charge is 2.23. The van der Waals surface area contributed by atoms with Crippen LogP contribution in [0, 0.1) is 0 Å². The van der Waals surface area contributed by atoms with Crippen LogP contribution in [0.25, 0.3) is 0 Å². The maximum Gasteiger partial charge on any atom is 0.253 e. The molecule has 3 rings (SSSR count). The van der Waals surface area contributed by atoms with E-state index in [2.05, 4.69) is 10.2 Å². The molecule has 2 aromatic carbocycles. The molecule has 0 atom stereocenters. The molecular formula is C22H28N4O2. The van der Waals surface area contributed by atoms with Gasteiger partial charge in [-0.05, 0) is 29.8 Å². The quantitative estimate of drug-likeness (QED) is 0.831. The minimum absolute atomic E-state index is 0.0166. The normalized spacial score (nSPS) is 14.6. The number of piperazine rings is 1. The molecule has 1 N–H and O–H groups in total. The SMILES string of the molecule is CN(C)c1ccc(C(=O)N2CCN(CC(=O)NCc3ccccc3)CC2)cc1. The number of amides is 2. The summed E-state index contributed by atoms with van der Waals surface area (Å²) < 4.78 is 0. The molecule has 0 aliphatic carbocycles. The molecule has 0 aromatic heterocycles. The topological polar surface area (TPSA) is 55.9 Å². The van der Waals surface area contributed by atoms with Gasteiger partial charge in [-0.25, -0.2) is 0 Å². The molecule has 28 heavy (non-hydrogen) atoms. The van der Waals surface area contributed by atoms with Crippen LogP contribution >= 0.6 is 0 Å². The third-order valence-corrected chi connectivity index (χ3v) is 4.99. The van der Waals surface area contributed by atoms with Crippen molar-refractivity contribution in [1.82, 2.24) is 15.1 Å². The van der Waals surface area contributed by atoms with Crippen molar-refractivity contribution >= 4 is 17.5 Å². The van der Waals surface area contributed by atoms with Gasteiger partial charge in [0.15, 0.2) is 0 Å². The molecule has 0 spiro atoms. The maximum atomic E-state index is 12.7. The van der Waals surface area contributed by atoms with Crippen LogP contribution in [0.3, 0.4) is 0 Å². The number of nitrogens with zero attached hydrogens (tertiary/aromatic N) is 3. The van der Waals surface area contributed by atoms with Gasteiger partial charge in [0.05, 0.1) is 6.54 Å². The smallest absolute Gasteiger partial charge is 0.253 e. The largest absolute Gasteiger partial charge is 0.378 e. The van der Waals surface area contributed by atoms with Crippen molar-refractivity contribution in [2.45, 2.75) is 6.54 Å². The zero-order valence-electron chi connectivity index (χ0n) is 16.6. The molecule has 0 bridgehead atoms. The predicted octanol–water partition coefficient (Wildman–Crippen LogP) is 1.83.